The van der Waals surface area contributed by atoms with E-state index in [1.54, 1.807) is 25.6 Å². The molecule has 0 aliphatic carbocycles. The van der Waals surface area contributed by atoms with Gasteiger partial charge in [-0.1, -0.05) is 30.2 Å². The third-order valence-corrected chi connectivity index (χ3v) is 4.93. The highest BCUT2D eigenvalue weighted by Gasteiger charge is 2.13. The van der Waals surface area contributed by atoms with Crippen molar-refractivity contribution in [2.24, 2.45) is 5.73 Å². The van der Waals surface area contributed by atoms with Crippen molar-refractivity contribution >= 4 is 21.6 Å². The summed E-state index contributed by atoms with van der Waals surface area (Å²) in [5, 5.41) is 4.19. The van der Waals surface area contributed by atoms with Gasteiger partial charge in [0.05, 0.1) is 18.9 Å². The Labute approximate surface area is 142 Å². The highest BCUT2D eigenvalue weighted by Crippen LogP contribution is 2.36. The number of hydrogen-bond acceptors (Lipinski definition) is 6. The monoisotopic (exact) mass is 337 g/mol. The molecule has 0 bridgehead atoms. The van der Waals surface area contributed by atoms with Crippen LogP contribution >= 0.6 is 11.3 Å². The smallest absolute Gasteiger partial charge is 0.274 e. The second-order valence-corrected chi connectivity index (χ2v) is 6.45. The SMILES string of the molecule is COc1nc2c(OC)ccc(CCNCCCCCCN)c2s1. The molecule has 3 N–H and O–H groups in total. The van der Waals surface area contributed by atoms with Gasteiger partial charge in [0, 0.05) is 0 Å². The van der Waals surface area contributed by atoms with Gasteiger partial charge in [0.15, 0.2) is 0 Å². The van der Waals surface area contributed by atoms with E-state index in [4.69, 9.17) is 15.2 Å². The lowest BCUT2D eigenvalue weighted by Crippen LogP contribution is -2.18. The standard InChI is InChI=1S/C17H27N3O2S/c1-21-14-8-7-13(16-15(14)20-17(22-2)23-16)9-12-19-11-6-4-3-5-10-18/h7-8,19H,3-6,9-12,18H2,1-2H3. The van der Waals surface area contributed by atoms with Crippen molar-refractivity contribution in [3.63, 3.8) is 0 Å². The molecule has 6 heteroatoms. The van der Waals surface area contributed by atoms with Gasteiger partial charge in [-0.3, -0.25) is 0 Å². The normalized spacial score (nSPS) is 11.1. The van der Waals surface area contributed by atoms with Crippen LogP contribution in [0.1, 0.15) is 31.2 Å². The minimum Gasteiger partial charge on any atom is -0.494 e. The molecule has 0 saturated heterocycles. The predicted molar refractivity (Wildman–Crippen MR) is 96.8 cm³/mol. The zero-order valence-corrected chi connectivity index (χ0v) is 14.9. The summed E-state index contributed by atoms with van der Waals surface area (Å²) in [6.45, 7) is 2.84. The fourth-order valence-electron chi connectivity index (χ4n) is 2.56. The molecule has 1 heterocycles. The lowest BCUT2D eigenvalue weighted by Gasteiger charge is -2.07. The first-order valence-electron chi connectivity index (χ1n) is 8.21. The quantitative estimate of drug-likeness (QED) is 0.617. The van der Waals surface area contributed by atoms with Gasteiger partial charge in [-0.2, -0.15) is 4.98 Å². The molecule has 0 aliphatic heterocycles. The molecule has 0 radical (unpaired) electrons. The molecule has 2 aromatic rings. The number of nitrogens with one attached hydrogen (secondary N) is 1. The lowest BCUT2D eigenvalue weighted by molar-refractivity contribution is 0.408. The molecule has 0 amide bonds. The van der Waals surface area contributed by atoms with Crippen molar-refractivity contribution in [2.75, 3.05) is 33.9 Å². The first-order chi connectivity index (χ1) is 11.3. The Morgan fingerprint density at radius 3 is 2.65 bits per heavy atom. The summed E-state index contributed by atoms with van der Waals surface area (Å²) in [4.78, 5) is 4.49. The van der Waals surface area contributed by atoms with Crippen LogP contribution in [0.3, 0.4) is 0 Å². The Balaban J connectivity index is 1.87. The molecular formula is C17H27N3O2S. The first-order valence-corrected chi connectivity index (χ1v) is 9.03. The van der Waals surface area contributed by atoms with Crippen molar-refractivity contribution in [1.29, 1.82) is 0 Å². The van der Waals surface area contributed by atoms with Gasteiger partial charge in [0.25, 0.3) is 5.19 Å². The van der Waals surface area contributed by atoms with Gasteiger partial charge < -0.3 is 20.5 Å². The Hall–Kier alpha value is -1.37. The molecule has 0 spiro atoms. The van der Waals surface area contributed by atoms with E-state index in [-0.39, 0.29) is 0 Å². The van der Waals surface area contributed by atoms with Crippen LogP contribution in [0.2, 0.25) is 0 Å². The molecule has 0 unspecified atom stereocenters. The maximum Gasteiger partial charge on any atom is 0.274 e. The number of methoxy groups -OCH3 is 2. The number of nitrogens with zero attached hydrogens (tertiary/aromatic N) is 1. The van der Waals surface area contributed by atoms with Gasteiger partial charge in [0.1, 0.15) is 11.3 Å². The Morgan fingerprint density at radius 2 is 1.91 bits per heavy atom. The summed E-state index contributed by atoms with van der Waals surface area (Å²) in [5.41, 5.74) is 7.68. The predicted octanol–water partition coefficient (Wildman–Crippen LogP) is 2.96. The van der Waals surface area contributed by atoms with Crippen molar-refractivity contribution in [2.45, 2.75) is 32.1 Å². The average molecular weight is 337 g/mol. The highest BCUT2D eigenvalue weighted by atomic mass is 32.1. The fourth-order valence-corrected chi connectivity index (χ4v) is 3.50. The zero-order valence-electron chi connectivity index (χ0n) is 14.1. The first kappa shape index (κ1) is 18.0. The van der Waals surface area contributed by atoms with Gasteiger partial charge >= 0.3 is 0 Å². The molecule has 1 aromatic carbocycles. The molecule has 23 heavy (non-hydrogen) atoms. The van der Waals surface area contributed by atoms with Crippen molar-refractivity contribution in [1.82, 2.24) is 10.3 Å². The van der Waals surface area contributed by atoms with E-state index in [2.05, 4.69) is 16.4 Å². The van der Waals surface area contributed by atoms with E-state index in [1.807, 2.05) is 6.07 Å². The van der Waals surface area contributed by atoms with Gasteiger partial charge in [-0.25, -0.2) is 0 Å². The van der Waals surface area contributed by atoms with Crippen LogP contribution in [-0.4, -0.2) is 38.8 Å². The van der Waals surface area contributed by atoms with Crippen LogP contribution in [0.5, 0.6) is 10.9 Å². The maximum absolute atomic E-state index is 5.50. The summed E-state index contributed by atoms with van der Waals surface area (Å²) < 4.78 is 11.8. The van der Waals surface area contributed by atoms with Crippen LogP contribution in [0.15, 0.2) is 12.1 Å². The number of hydrogen-bond donors (Lipinski definition) is 2. The van der Waals surface area contributed by atoms with Crippen LogP contribution in [-0.2, 0) is 6.42 Å². The molecule has 5 nitrogen and oxygen atoms in total. The number of fused-ring (bicyclic) bond motifs is 1. The molecule has 2 rings (SSSR count). The van der Waals surface area contributed by atoms with Crippen LogP contribution in [0.25, 0.3) is 10.2 Å². The second kappa shape index (κ2) is 9.70. The van der Waals surface area contributed by atoms with E-state index < -0.39 is 0 Å². The van der Waals surface area contributed by atoms with Gasteiger partial charge in [-0.05, 0) is 50.5 Å². The summed E-state index contributed by atoms with van der Waals surface area (Å²) in [7, 11) is 3.32. The van der Waals surface area contributed by atoms with Gasteiger partial charge in [-0.15, -0.1) is 0 Å². The van der Waals surface area contributed by atoms with Crippen LogP contribution < -0.4 is 20.5 Å². The fraction of sp³-hybridized carbons (Fsp3) is 0.588. The zero-order chi connectivity index (χ0) is 16.5. The van der Waals surface area contributed by atoms with Crippen LogP contribution in [0, 0.1) is 0 Å². The number of ether oxygens (including phenoxy) is 2. The number of thiazole rings is 1. The Bertz CT molecular complexity index is 601. The Kier molecular flexibility index (Phi) is 7.58. The topological polar surface area (TPSA) is 69.4 Å². The minimum atomic E-state index is 0.679. The highest BCUT2D eigenvalue weighted by molar-refractivity contribution is 7.20. The Morgan fingerprint density at radius 1 is 1.09 bits per heavy atom. The third kappa shape index (κ3) is 5.06. The minimum absolute atomic E-state index is 0.679. The summed E-state index contributed by atoms with van der Waals surface area (Å²) in [6, 6.07) is 4.12. The van der Waals surface area contributed by atoms with Crippen molar-refractivity contribution < 1.29 is 9.47 Å². The average Bonchev–Trinajstić information content (AvgIpc) is 3.02. The number of nitrogens with two attached hydrogens (primary N) is 1. The maximum atomic E-state index is 5.50. The molecule has 128 valence electrons. The lowest BCUT2D eigenvalue weighted by atomic mass is 10.1. The third-order valence-electron chi connectivity index (χ3n) is 3.84. The number of aromatic nitrogens is 1. The van der Waals surface area contributed by atoms with Crippen molar-refractivity contribution in [3.05, 3.63) is 17.7 Å². The van der Waals surface area contributed by atoms with Crippen molar-refractivity contribution in [3.8, 4) is 10.9 Å². The molecule has 0 aliphatic rings. The number of rotatable bonds is 11. The summed E-state index contributed by atoms with van der Waals surface area (Å²) >= 11 is 1.58. The van der Waals surface area contributed by atoms with E-state index in [9.17, 15) is 0 Å². The molecule has 0 saturated carbocycles. The number of benzene rings is 1. The largest absolute Gasteiger partial charge is 0.494 e. The van der Waals surface area contributed by atoms with E-state index in [1.165, 1.54) is 24.8 Å². The molecule has 0 atom stereocenters. The summed E-state index contributed by atoms with van der Waals surface area (Å²) in [6.07, 6.45) is 5.82. The summed E-state index contributed by atoms with van der Waals surface area (Å²) in [5.74, 6) is 0.802. The van der Waals surface area contributed by atoms with E-state index in [0.717, 1.165) is 48.4 Å². The second-order valence-electron chi connectivity index (χ2n) is 5.49. The number of unbranched alkanes of at least 4 members (excludes halogenated alkanes) is 3. The van der Waals surface area contributed by atoms with E-state index in [0.29, 0.717) is 5.19 Å². The molecule has 1 aromatic heterocycles. The molecular weight excluding hydrogens is 310 g/mol. The van der Waals surface area contributed by atoms with E-state index >= 15 is 0 Å². The molecule has 0 fully saturated rings. The van der Waals surface area contributed by atoms with Gasteiger partial charge in [0.2, 0.25) is 0 Å². The van der Waals surface area contributed by atoms with Crippen LogP contribution in [0.4, 0.5) is 0 Å².